The molecule has 2 saturated carbocycles. The fourth-order valence-electron chi connectivity index (χ4n) is 2.87. The summed E-state index contributed by atoms with van der Waals surface area (Å²) in [4.78, 5) is 2.49. The zero-order valence-electron chi connectivity index (χ0n) is 12.9. The lowest BCUT2D eigenvalue weighted by atomic mass is 9.92. The highest BCUT2D eigenvalue weighted by atomic mass is 15.2. The topological polar surface area (TPSA) is 39.1 Å². The van der Waals surface area contributed by atoms with Crippen LogP contribution in [-0.4, -0.2) is 35.6 Å². The molecule has 0 amide bonds. The van der Waals surface area contributed by atoms with Gasteiger partial charge in [-0.25, -0.2) is 0 Å². The first kappa shape index (κ1) is 14.8. The van der Waals surface area contributed by atoms with Gasteiger partial charge in [-0.2, -0.15) is 5.26 Å². The minimum Gasteiger partial charge on any atom is -0.298 e. The van der Waals surface area contributed by atoms with Crippen LogP contribution >= 0.6 is 0 Å². The van der Waals surface area contributed by atoms with E-state index in [2.05, 4.69) is 44.0 Å². The molecule has 0 spiro atoms. The number of hydrogen-bond acceptors (Lipinski definition) is 3. The largest absolute Gasteiger partial charge is 0.298 e. The third-order valence-electron chi connectivity index (χ3n) is 4.30. The molecule has 3 heteroatoms. The molecule has 0 heterocycles. The number of nitriles is 1. The van der Waals surface area contributed by atoms with E-state index in [-0.39, 0.29) is 5.54 Å². The Morgan fingerprint density at radius 2 is 1.84 bits per heavy atom. The van der Waals surface area contributed by atoms with Crippen LogP contribution in [0.15, 0.2) is 0 Å². The molecular formula is C16H29N3. The van der Waals surface area contributed by atoms with Gasteiger partial charge in [0.1, 0.15) is 5.54 Å². The summed E-state index contributed by atoms with van der Waals surface area (Å²) in [5.74, 6) is 1.23. The Bertz CT molecular complexity index is 336. The second-order valence-corrected chi connectivity index (χ2v) is 7.19. The summed E-state index contributed by atoms with van der Waals surface area (Å²) in [5.41, 5.74) is -0.291. The first-order valence-corrected chi connectivity index (χ1v) is 7.90. The molecule has 3 nitrogen and oxygen atoms in total. The van der Waals surface area contributed by atoms with Gasteiger partial charge in [0, 0.05) is 25.2 Å². The van der Waals surface area contributed by atoms with E-state index in [4.69, 9.17) is 0 Å². The molecule has 0 aliphatic heterocycles. The Morgan fingerprint density at radius 3 is 2.21 bits per heavy atom. The maximum Gasteiger partial charge on any atom is 0.122 e. The first-order chi connectivity index (χ1) is 8.97. The van der Waals surface area contributed by atoms with Gasteiger partial charge in [0.15, 0.2) is 0 Å². The van der Waals surface area contributed by atoms with Crippen molar-refractivity contribution in [3.05, 3.63) is 0 Å². The Morgan fingerprint density at radius 1 is 1.21 bits per heavy atom. The lowest BCUT2D eigenvalue weighted by Crippen LogP contribution is -2.57. The van der Waals surface area contributed by atoms with Crippen molar-refractivity contribution in [2.24, 2.45) is 11.8 Å². The van der Waals surface area contributed by atoms with Crippen LogP contribution in [0.3, 0.4) is 0 Å². The third-order valence-corrected chi connectivity index (χ3v) is 4.30. The van der Waals surface area contributed by atoms with Gasteiger partial charge in [-0.3, -0.25) is 10.2 Å². The van der Waals surface area contributed by atoms with E-state index in [1.165, 1.54) is 25.7 Å². The lowest BCUT2D eigenvalue weighted by molar-refractivity contribution is 0.144. The van der Waals surface area contributed by atoms with Crippen LogP contribution in [-0.2, 0) is 0 Å². The molecule has 0 aromatic heterocycles. The fourth-order valence-corrected chi connectivity index (χ4v) is 2.87. The molecule has 1 unspecified atom stereocenters. The second-order valence-electron chi connectivity index (χ2n) is 7.19. The van der Waals surface area contributed by atoms with E-state index in [1.807, 2.05) is 0 Å². The van der Waals surface area contributed by atoms with Crippen LogP contribution < -0.4 is 5.32 Å². The highest BCUT2D eigenvalue weighted by Crippen LogP contribution is 2.42. The highest BCUT2D eigenvalue weighted by molar-refractivity contribution is 5.18. The molecule has 0 saturated heterocycles. The van der Waals surface area contributed by atoms with E-state index < -0.39 is 0 Å². The Kier molecular flexibility index (Phi) is 4.53. The quantitative estimate of drug-likeness (QED) is 0.732. The molecule has 1 atom stereocenters. The average Bonchev–Trinajstić information content (AvgIpc) is 3.18. The van der Waals surface area contributed by atoms with Crippen molar-refractivity contribution < 1.29 is 0 Å². The molecule has 2 fully saturated rings. The van der Waals surface area contributed by atoms with Crippen LogP contribution in [0.5, 0.6) is 0 Å². The van der Waals surface area contributed by atoms with Crippen LogP contribution in [0, 0.1) is 23.2 Å². The summed E-state index contributed by atoms with van der Waals surface area (Å²) in [6, 6.07) is 3.77. The van der Waals surface area contributed by atoms with Gasteiger partial charge in [-0.15, -0.1) is 0 Å². The van der Waals surface area contributed by atoms with Crippen LogP contribution in [0.2, 0.25) is 0 Å². The van der Waals surface area contributed by atoms with Gasteiger partial charge in [-0.05, 0) is 51.4 Å². The van der Waals surface area contributed by atoms with Crippen LogP contribution in [0.1, 0.15) is 53.4 Å². The molecule has 0 bridgehead atoms. The molecule has 0 aromatic rings. The zero-order chi connectivity index (χ0) is 14.0. The average molecular weight is 263 g/mol. The molecule has 19 heavy (non-hydrogen) atoms. The number of nitrogens with one attached hydrogen (secondary N) is 1. The summed E-state index contributed by atoms with van der Waals surface area (Å²) < 4.78 is 0. The molecule has 2 rings (SSSR count). The number of nitrogens with zero attached hydrogens (tertiary/aromatic N) is 2. The van der Waals surface area contributed by atoms with Crippen molar-refractivity contribution in [1.29, 1.82) is 5.26 Å². The van der Waals surface area contributed by atoms with E-state index in [1.54, 1.807) is 0 Å². The monoisotopic (exact) mass is 263 g/mol. The van der Waals surface area contributed by atoms with Gasteiger partial charge in [0.2, 0.25) is 0 Å². The van der Waals surface area contributed by atoms with Crippen molar-refractivity contribution in [3.8, 4) is 6.07 Å². The van der Waals surface area contributed by atoms with E-state index in [0.29, 0.717) is 23.9 Å². The highest BCUT2D eigenvalue weighted by Gasteiger charge is 2.49. The fraction of sp³-hybridized carbons (Fsp3) is 0.938. The zero-order valence-corrected chi connectivity index (χ0v) is 12.9. The second kappa shape index (κ2) is 5.81. The molecule has 2 aliphatic rings. The third kappa shape index (κ3) is 3.94. The summed E-state index contributed by atoms with van der Waals surface area (Å²) >= 11 is 0. The van der Waals surface area contributed by atoms with E-state index in [9.17, 15) is 5.26 Å². The van der Waals surface area contributed by atoms with Gasteiger partial charge >= 0.3 is 0 Å². The van der Waals surface area contributed by atoms with Crippen molar-refractivity contribution >= 4 is 0 Å². The van der Waals surface area contributed by atoms with E-state index >= 15 is 0 Å². The van der Waals surface area contributed by atoms with Crippen LogP contribution in [0.4, 0.5) is 0 Å². The van der Waals surface area contributed by atoms with Gasteiger partial charge in [0.25, 0.3) is 0 Å². The smallest absolute Gasteiger partial charge is 0.122 e. The predicted molar refractivity (Wildman–Crippen MR) is 78.8 cm³/mol. The maximum absolute atomic E-state index is 9.79. The summed E-state index contributed by atoms with van der Waals surface area (Å²) in [7, 11) is 0. The Labute approximate surface area is 118 Å². The molecular weight excluding hydrogens is 234 g/mol. The van der Waals surface area contributed by atoms with Gasteiger partial charge in [0.05, 0.1) is 6.07 Å². The summed E-state index contributed by atoms with van der Waals surface area (Å²) in [6.45, 7) is 11.0. The summed E-state index contributed by atoms with van der Waals surface area (Å²) in [5, 5.41) is 13.5. The first-order valence-electron chi connectivity index (χ1n) is 7.90. The SMILES string of the molecule is CC(C)CN(CC(C#N)(NC1CC1)C1CC1)C(C)C. The van der Waals surface area contributed by atoms with Crippen molar-refractivity contribution in [3.63, 3.8) is 0 Å². The Hall–Kier alpha value is -0.590. The van der Waals surface area contributed by atoms with Gasteiger partial charge in [-0.1, -0.05) is 13.8 Å². The standard InChI is InChI=1S/C16H29N3/c1-12(2)9-19(13(3)4)11-16(10-17,14-5-6-14)18-15-7-8-15/h12-15,18H,5-9,11H2,1-4H3. The van der Waals surface area contributed by atoms with E-state index in [0.717, 1.165) is 13.1 Å². The number of rotatable bonds is 8. The minimum absolute atomic E-state index is 0.291. The molecule has 108 valence electrons. The lowest BCUT2D eigenvalue weighted by Gasteiger charge is -2.37. The summed E-state index contributed by atoms with van der Waals surface area (Å²) in [6.07, 6.45) is 4.95. The molecule has 1 N–H and O–H groups in total. The van der Waals surface area contributed by atoms with Crippen molar-refractivity contribution in [2.45, 2.75) is 71.0 Å². The van der Waals surface area contributed by atoms with Gasteiger partial charge < -0.3 is 0 Å². The molecule has 2 aliphatic carbocycles. The van der Waals surface area contributed by atoms with Crippen LogP contribution in [0.25, 0.3) is 0 Å². The molecule has 0 aromatic carbocycles. The minimum atomic E-state index is -0.291. The Balaban J connectivity index is 2.06. The predicted octanol–water partition coefficient (Wildman–Crippen LogP) is 2.78. The number of hydrogen-bond donors (Lipinski definition) is 1. The molecule has 0 radical (unpaired) electrons. The van der Waals surface area contributed by atoms with Crippen molar-refractivity contribution in [1.82, 2.24) is 10.2 Å². The van der Waals surface area contributed by atoms with Crippen molar-refractivity contribution in [2.75, 3.05) is 13.1 Å². The normalized spacial score (nSPS) is 22.8. The maximum atomic E-state index is 9.79.